The molecule has 0 fully saturated rings. The molecule has 0 amide bonds. The summed E-state index contributed by atoms with van der Waals surface area (Å²) in [6.45, 7) is 2.50. The zero-order valence-corrected chi connectivity index (χ0v) is 16.7. The minimum absolute atomic E-state index is 0.0608. The Morgan fingerprint density at radius 1 is 1.03 bits per heavy atom. The van der Waals surface area contributed by atoms with Gasteiger partial charge >= 0.3 is 5.97 Å². The van der Waals surface area contributed by atoms with E-state index < -0.39 is 30.0 Å². The van der Waals surface area contributed by atoms with Gasteiger partial charge in [0.15, 0.2) is 6.61 Å². The number of rotatable bonds is 6. The van der Waals surface area contributed by atoms with Gasteiger partial charge in [-0.2, -0.15) is 0 Å². The third kappa shape index (κ3) is 4.25. The molecule has 0 aliphatic carbocycles. The van der Waals surface area contributed by atoms with Crippen LogP contribution in [0.15, 0.2) is 48.5 Å². The second kappa shape index (κ2) is 8.49. The van der Waals surface area contributed by atoms with Gasteiger partial charge in [0, 0.05) is 12.6 Å². The molecule has 0 aromatic heterocycles. The number of hydrogen-bond donors (Lipinski definition) is 1. The summed E-state index contributed by atoms with van der Waals surface area (Å²) in [6.07, 6.45) is 0. The van der Waals surface area contributed by atoms with Gasteiger partial charge < -0.3 is 14.7 Å². The highest BCUT2D eigenvalue weighted by Gasteiger charge is 2.21. The Labute approximate surface area is 172 Å². The normalized spacial score (nSPS) is 10.7. The number of carbonyl (C=O) groups is 1. The quantitative estimate of drug-likeness (QED) is 0.568. The first-order valence-electron chi connectivity index (χ1n) is 9.12. The average Bonchev–Trinajstić information content (AvgIpc) is 2.70. The van der Waals surface area contributed by atoms with E-state index in [-0.39, 0.29) is 22.7 Å². The monoisotopic (exact) mass is 415 g/mol. The van der Waals surface area contributed by atoms with Gasteiger partial charge in [0.05, 0.1) is 11.4 Å². The molecule has 7 heteroatoms. The van der Waals surface area contributed by atoms with Crippen LogP contribution in [0.25, 0.3) is 11.1 Å². The standard InChI is InChI=1S/C23H20F3NO3/c1-13-9-20(30-12-21(28)29)14(2)23(22(13)26)27(3)19-11-16(7-8-18(19)25)15-5-4-6-17(24)10-15/h4-11H,12H2,1-3H3,(H,28,29). The summed E-state index contributed by atoms with van der Waals surface area (Å²) in [4.78, 5) is 12.2. The van der Waals surface area contributed by atoms with Gasteiger partial charge in [-0.05, 0) is 60.9 Å². The molecule has 0 atom stereocenters. The van der Waals surface area contributed by atoms with Crippen molar-refractivity contribution in [3.8, 4) is 16.9 Å². The predicted molar refractivity (Wildman–Crippen MR) is 109 cm³/mol. The summed E-state index contributed by atoms with van der Waals surface area (Å²) in [6, 6.07) is 11.5. The van der Waals surface area contributed by atoms with Crippen molar-refractivity contribution >= 4 is 17.3 Å². The molecule has 0 saturated carbocycles. The first-order valence-corrected chi connectivity index (χ1v) is 9.12. The van der Waals surface area contributed by atoms with Crippen molar-refractivity contribution in [3.05, 3.63) is 77.1 Å². The van der Waals surface area contributed by atoms with Crippen LogP contribution in [-0.2, 0) is 4.79 Å². The van der Waals surface area contributed by atoms with Crippen LogP contribution in [0.2, 0.25) is 0 Å². The fraction of sp³-hybridized carbons (Fsp3) is 0.174. The molecule has 0 heterocycles. The van der Waals surface area contributed by atoms with Gasteiger partial charge in [-0.25, -0.2) is 18.0 Å². The summed E-state index contributed by atoms with van der Waals surface area (Å²) < 4.78 is 48.5. The highest BCUT2D eigenvalue weighted by atomic mass is 19.1. The highest BCUT2D eigenvalue weighted by Crippen LogP contribution is 2.38. The van der Waals surface area contributed by atoms with Crippen molar-refractivity contribution in [3.63, 3.8) is 0 Å². The number of carboxylic acid groups (broad SMARTS) is 1. The fourth-order valence-electron chi connectivity index (χ4n) is 3.26. The van der Waals surface area contributed by atoms with E-state index >= 15 is 0 Å². The molecule has 0 radical (unpaired) electrons. The van der Waals surface area contributed by atoms with Crippen LogP contribution in [0.4, 0.5) is 24.5 Å². The molecular formula is C23H20F3NO3. The third-order valence-electron chi connectivity index (χ3n) is 4.78. The largest absolute Gasteiger partial charge is 0.482 e. The molecule has 0 saturated heterocycles. The van der Waals surface area contributed by atoms with Gasteiger partial charge in [-0.15, -0.1) is 0 Å². The summed E-state index contributed by atoms with van der Waals surface area (Å²) in [7, 11) is 1.50. The van der Waals surface area contributed by atoms with Gasteiger partial charge in [-0.3, -0.25) is 0 Å². The number of ether oxygens (including phenoxy) is 1. The number of aliphatic carboxylic acids is 1. The predicted octanol–water partition coefficient (Wildman–Crippen LogP) is 5.62. The maximum atomic E-state index is 15.0. The van der Waals surface area contributed by atoms with Crippen LogP contribution >= 0.6 is 0 Å². The summed E-state index contributed by atoms with van der Waals surface area (Å²) in [5.41, 5.74) is 1.81. The molecule has 156 valence electrons. The molecule has 30 heavy (non-hydrogen) atoms. The third-order valence-corrected chi connectivity index (χ3v) is 4.78. The second-order valence-corrected chi connectivity index (χ2v) is 6.90. The molecule has 0 bridgehead atoms. The van der Waals surface area contributed by atoms with Gasteiger partial charge in [-0.1, -0.05) is 18.2 Å². The lowest BCUT2D eigenvalue weighted by Crippen LogP contribution is -2.17. The number of carboxylic acids is 1. The van der Waals surface area contributed by atoms with E-state index in [0.29, 0.717) is 16.7 Å². The molecular weight excluding hydrogens is 395 g/mol. The van der Waals surface area contributed by atoms with E-state index in [0.717, 1.165) is 0 Å². The van der Waals surface area contributed by atoms with Crippen molar-refractivity contribution in [2.45, 2.75) is 13.8 Å². The molecule has 1 N–H and O–H groups in total. The van der Waals surface area contributed by atoms with E-state index in [2.05, 4.69) is 0 Å². The Hall–Kier alpha value is -3.48. The lowest BCUT2D eigenvalue weighted by atomic mass is 10.0. The number of hydrogen-bond acceptors (Lipinski definition) is 3. The smallest absolute Gasteiger partial charge is 0.341 e. The van der Waals surface area contributed by atoms with Crippen LogP contribution < -0.4 is 9.64 Å². The Morgan fingerprint density at radius 3 is 2.40 bits per heavy atom. The first kappa shape index (κ1) is 21.2. The molecule has 0 aliphatic rings. The molecule has 3 rings (SSSR count). The van der Waals surface area contributed by atoms with E-state index in [4.69, 9.17) is 9.84 Å². The highest BCUT2D eigenvalue weighted by molar-refractivity contribution is 5.75. The van der Waals surface area contributed by atoms with Crippen LogP contribution in [0.3, 0.4) is 0 Å². The van der Waals surface area contributed by atoms with Crippen LogP contribution in [0.5, 0.6) is 5.75 Å². The van der Waals surface area contributed by atoms with Gasteiger partial charge in [0.2, 0.25) is 0 Å². The van der Waals surface area contributed by atoms with Crippen LogP contribution in [0, 0.1) is 31.3 Å². The maximum Gasteiger partial charge on any atom is 0.341 e. The van der Waals surface area contributed by atoms with E-state index in [9.17, 15) is 18.0 Å². The Kier molecular flexibility index (Phi) is 6.01. The van der Waals surface area contributed by atoms with Crippen molar-refractivity contribution < 1.29 is 27.8 Å². The van der Waals surface area contributed by atoms with Crippen molar-refractivity contribution in [1.29, 1.82) is 0 Å². The molecule has 4 nitrogen and oxygen atoms in total. The Morgan fingerprint density at radius 2 is 1.73 bits per heavy atom. The minimum atomic E-state index is -1.17. The van der Waals surface area contributed by atoms with Gasteiger partial charge in [0.1, 0.15) is 23.2 Å². The van der Waals surface area contributed by atoms with Crippen LogP contribution in [-0.4, -0.2) is 24.7 Å². The summed E-state index contributed by atoms with van der Waals surface area (Å²) in [5.74, 6) is -2.56. The fourth-order valence-corrected chi connectivity index (χ4v) is 3.26. The summed E-state index contributed by atoms with van der Waals surface area (Å²) in [5, 5.41) is 8.85. The SMILES string of the molecule is Cc1cc(OCC(=O)O)c(C)c(N(C)c2cc(-c3cccc(F)c3)ccc2F)c1F. The summed E-state index contributed by atoms with van der Waals surface area (Å²) >= 11 is 0. The Bertz CT molecular complexity index is 1120. The zero-order valence-electron chi connectivity index (χ0n) is 16.7. The van der Waals surface area contributed by atoms with Crippen molar-refractivity contribution in [2.75, 3.05) is 18.6 Å². The van der Waals surface area contributed by atoms with Gasteiger partial charge in [0.25, 0.3) is 0 Å². The lowest BCUT2D eigenvalue weighted by molar-refractivity contribution is -0.139. The van der Waals surface area contributed by atoms with E-state index in [1.54, 1.807) is 19.1 Å². The molecule has 3 aromatic rings. The minimum Gasteiger partial charge on any atom is -0.482 e. The number of benzene rings is 3. The number of nitrogens with zero attached hydrogens (tertiary/aromatic N) is 1. The maximum absolute atomic E-state index is 15.0. The lowest BCUT2D eigenvalue weighted by Gasteiger charge is -2.25. The molecule has 3 aromatic carbocycles. The molecule has 0 aliphatic heterocycles. The topological polar surface area (TPSA) is 49.8 Å². The number of halogens is 3. The average molecular weight is 415 g/mol. The zero-order chi connectivity index (χ0) is 22.0. The second-order valence-electron chi connectivity index (χ2n) is 6.90. The molecule has 0 spiro atoms. The van der Waals surface area contributed by atoms with E-state index in [1.165, 1.54) is 55.3 Å². The van der Waals surface area contributed by atoms with E-state index in [1.807, 2.05) is 0 Å². The Balaban J connectivity index is 2.09. The first-order chi connectivity index (χ1) is 14.2. The number of anilines is 2. The van der Waals surface area contributed by atoms with Crippen LogP contribution in [0.1, 0.15) is 11.1 Å². The van der Waals surface area contributed by atoms with Crippen molar-refractivity contribution in [1.82, 2.24) is 0 Å². The molecule has 0 unspecified atom stereocenters. The number of aryl methyl sites for hydroxylation is 1. The van der Waals surface area contributed by atoms with Crippen molar-refractivity contribution in [2.24, 2.45) is 0 Å².